The van der Waals surface area contributed by atoms with Gasteiger partial charge in [-0.2, -0.15) is 0 Å². The Kier molecular flexibility index (Phi) is 3.09. The van der Waals surface area contributed by atoms with Gasteiger partial charge in [-0.05, 0) is 35.5 Å². The molecule has 1 aliphatic heterocycles. The highest BCUT2D eigenvalue weighted by atomic mass is 15.5. The van der Waals surface area contributed by atoms with Crippen molar-refractivity contribution in [2.45, 2.75) is 47.1 Å². The molecule has 0 aromatic rings. The average Bonchev–Trinajstić information content (AvgIpc) is 2.47. The van der Waals surface area contributed by atoms with E-state index >= 15 is 0 Å². The van der Waals surface area contributed by atoms with Crippen LogP contribution in [0.1, 0.15) is 41.0 Å². The van der Waals surface area contributed by atoms with Crippen LogP contribution in [-0.4, -0.2) is 24.6 Å². The summed E-state index contributed by atoms with van der Waals surface area (Å²) in [5.41, 5.74) is 3.95. The van der Waals surface area contributed by atoms with Crippen LogP contribution in [0.5, 0.6) is 0 Å². The summed E-state index contributed by atoms with van der Waals surface area (Å²) in [4.78, 5) is 0. The van der Waals surface area contributed by atoms with Crippen LogP contribution in [0.25, 0.3) is 0 Å². The summed E-state index contributed by atoms with van der Waals surface area (Å²) in [6, 6.07) is 0.742. The predicted octanol–water partition coefficient (Wildman–Crippen LogP) is 2.76. The first kappa shape index (κ1) is 12.4. The standard InChI is InChI=1S/C14H28N2/c1-9-7-11-8-15-16(6)13(11)12(10(9)2)14(3,4)5/h9-13,15H,7-8H2,1-6H3. The van der Waals surface area contributed by atoms with Crippen molar-refractivity contribution in [3.63, 3.8) is 0 Å². The molecule has 1 heterocycles. The van der Waals surface area contributed by atoms with Gasteiger partial charge in [0.05, 0.1) is 0 Å². The lowest BCUT2D eigenvalue weighted by molar-refractivity contribution is -0.0150. The largest absolute Gasteiger partial charge is 0.255 e. The maximum atomic E-state index is 3.54. The van der Waals surface area contributed by atoms with Crippen molar-refractivity contribution in [1.82, 2.24) is 10.4 Å². The minimum Gasteiger partial charge on any atom is -0.255 e. The Morgan fingerprint density at radius 1 is 1.19 bits per heavy atom. The van der Waals surface area contributed by atoms with Crippen molar-refractivity contribution in [2.75, 3.05) is 13.6 Å². The van der Waals surface area contributed by atoms with E-state index in [9.17, 15) is 0 Å². The molecule has 0 radical (unpaired) electrons. The first-order chi connectivity index (χ1) is 7.32. The lowest BCUT2D eigenvalue weighted by Gasteiger charge is -2.50. The first-order valence-corrected chi connectivity index (χ1v) is 6.78. The summed E-state index contributed by atoms with van der Waals surface area (Å²) in [5.74, 6) is 3.38. The Morgan fingerprint density at radius 3 is 2.38 bits per heavy atom. The molecule has 16 heavy (non-hydrogen) atoms. The Morgan fingerprint density at radius 2 is 1.81 bits per heavy atom. The number of fused-ring (bicyclic) bond motifs is 1. The molecule has 2 heteroatoms. The average molecular weight is 224 g/mol. The van der Waals surface area contributed by atoms with Crippen LogP contribution in [0.4, 0.5) is 0 Å². The van der Waals surface area contributed by atoms with E-state index in [1.54, 1.807) is 0 Å². The Balaban J connectivity index is 2.29. The lowest BCUT2D eigenvalue weighted by atomic mass is 9.58. The molecule has 5 atom stereocenters. The number of hydrogen-bond acceptors (Lipinski definition) is 2. The molecule has 0 aromatic heterocycles. The Hall–Kier alpha value is -0.0800. The second kappa shape index (κ2) is 3.99. The van der Waals surface area contributed by atoms with E-state index in [0.717, 1.165) is 29.7 Å². The van der Waals surface area contributed by atoms with Crippen LogP contribution in [0, 0.1) is 29.1 Å². The molecular formula is C14H28N2. The van der Waals surface area contributed by atoms with Gasteiger partial charge in [0.15, 0.2) is 0 Å². The van der Waals surface area contributed by atoms with Gasteiger partial charge in [0.25, 0.3) is 0 Å². The number of hydrogen-bond donors (Lipinski definition) is 1. The number of nitrogens with one attached hydrogen (secondary N) is 1. The van der Waals surface area contributed by atoms with Crippen LogP contribution in [0.15, 0.2) is 0 Å². The van der Waals surface area contributed by atoms with Crippen molar-refractivity contribution in [1.29, 1.82) is 0 Å². The monoisotopic (exact) mass is 224 g/mol. The summed E-state index contributed by atoms with van der Waals surface area (Å²) < 4.78 is 0. The van der Waals surface area contributed by atoms with Crippen LogP contribution >= 0.6 is 0 Å². The third-order valence-electron chi connectivity index (χ3n) is 5.04. The van der Waals surface area contributed by atoms with Gasteiger partial charge in [-0.3, -0.25) is 5.43 Å². The molecule has 2 fully saturated rings. The summed E-state index contributed by atoms with van der Waals surface area (Å²) >= 11 is 0. The van der Waals surface area contributed by atoms with Gasteiger partial charge in [-0.25, -0.2) is 5.01 Å². The van der Waals surface area contributed by atoms with Crippen molar-refractivity contribution < 1.29 is 0 Å². The fraction of sp³-hybridized carbons (Fsp3) is 1.00. The molecule has 0 bridgehead atoms. The maximum Gasteiger partial charge on any atom is 0.0317 e. The van der Waals surface area contributed by atoms with Gasteiger partial charge in [0.1, 0.15) is 0 Å². The van der Waals surface area contributed by atoms with Gasteiger partial charge in [-0.15, -0.1) is 0 Å². The Bertz CT molecular complexity index is 256. The molecule has 0 aromatic carbocycles. The molecular weight excluding hydrogens is 196 g/mol. The topological polar surface area (TPSA) is 15.3 Å². The first-order valence-electron chi connectivity index (χ1n) is 6.78. The molecule has 5 unspecified atom stereocenters. The van der Waals surface area contributed by atoms with E-state index in [1.165, 1.54) is 13.0 Å². The maximum absolute atomic E-state index is 3.54. The molecule has 1 aliphatic carbocycles. The number of hydrazine groups is 1. The Labute approximate surface area is 101 Å². The third-order valence-corrected chi connectivity index (χ3v) is 5.04. The van der Waals surface area contributed by atoms with Crippen LogP contribution in [0.2, 0.25) is 0 Å². The molecule has 1 saturated carbocycles. The van der Waals surface area contributed by atoms with Gasteiger partial charge >= 0.3 is 0 Å². The zero-order valence-corrected chi connectivity index (χ0v) is 11.7. The van der Waals surface area contributed by atoms with E-state index in [0.29, 0.717) is 5.41 Å². The van der Waals surface area contributed by atoms with E-state index < -0.39 is 0 Å². The summed E-state index contributed by atoms with van der Waals surface area (Å²) in [6.45, 7) is 13.3. The lowest BCUT2D eigenvalue weighted by Crippen LogP contribution is -2.52. The zero-order valence-electron chi connectivity index (χ0n) is 11.7. The highest BCUT2D eigenvalue weighted by Gasteiger charge is 2.49. The molecule has 0 spiro atoms. The molecule has 2 aliphatic rings. The van der Waals surface area contributed by atoms with E-state index in [1.807, 2.05) is 0 Å². The van der Waals surface area contributed by atoms with Crippen LogP contribution < -0.4 is 5.43 Å². The predicted molar refractivity (Wildman–Crippen MR) is 68.9 cm³/mol. The summed E-state index contributed by atoms with van der Waals surface area (Å²) in [5, 5.41) is 2.39. The third kappa shape index (κ3) is 1.91. The van der Waals surface area contributed by atoms with Crippen molar-refractivity contribution in [3.05, 3.63) is 0 Å². The SMILES string of the molecule is CC1CC2CNN(C)C2C(C(C)(C)C)C1C. The number of nitrogens with zero attached hydrogens (tertiary/aromatic N) is 1. The molecule has 2 rings (SSSR count). The fourth-order valence-electron chi connectivity index (χ4n) is 4.22. The highest BCUT2D eigenvalue weighted by molar-refractivity contribution is 5.00. The van der Waals surface area contributed by atoms with Crippen molar-refractivity contribution >= 4 is 0 Å². The zero-order chi connectivity index (χ0) is 12.1. The second-order valence-electron chi connectivity index (χ2n) is 7.19. The van der Waals surface area contributed by atoms with Gasteiger partial charge in [-0.1, -0.05) is 34.6 Å². The quantitative estimate of drug-likeness (QED) is 0.680. The molecule has 0 amide bonds. The van der Waals surface area contributed by atoms with Crippen molar-refractivity contribution in [2.24, 2.45) is 29.1 Å². The number of rotatable bonds is 0. The van der Waals surface area contributed by atoms with Crippen molar-refractivity contribution in [3.8, 4) is 0 Å². The van der Waals surface area contributed by atoms with Gasteiger partial charge < -0.3 is 0 Å². The molecule has 94 valence electrons. The van der Waals surface area contributed by atoms with Gasteiger partial charge in [0.2, 0.25) is 0 Å². The minimum absolute atomic E-state index is 0.414. The van der Waals surface area contributed by atoms with E-state index in [2.05, 4.69) is 52.1 Å². The summed E-state index contributed by atoms with van der Waals surface area (Å²) in [7, 11) is 2.23. The molecule has 1 saturated heterocycles. The van der Waals surface area contributed by atoms with E-state index in [4.69, 9.17) is 0 Å². The smallest absolute Gasteiger partial charge is 0.0317 e. The normalized spacial score (nSPS) is 45.8. The summed E-state index contributed by atoms with van der Waals surface area (Å²) in [6.07, 6.45) is 1.40. The molecule has 2 nitrogen and oxygen atoms in total. The van der Waals surface area contributed by atoms with Crippen LogP contribution in [0.3, 0.4) is 0 Å². The minimum atomic E-state index is 0.414. The van der Waals surface area contributed by atoms with E-state index in [-0.39, 0.29) is 0 Å². The fourth-order valence-corrected chi connectivity index (χ4v) is 4.22. The second-order valence-corrected chi connectivity index (χ2v) is 7.19. The highest BCUT2D eigenvalue weighted by Crippen LogP contribution is 2.49. The molecule has 1 N–H and O–H groups in total. The van der Waals surface area contributed by atoms with Crippen LogP contribution in [-0.2, 0) is 0 Å². The van der Waals surface area contributed by atoms with Gasteiger partial charge in [0, 0.05) is 19.6 Å².